The van der Waals surface area contributed by atoms with Crippen molar-refractivity contribution >= 4 is 5.97 Å². The Morgan fingerprint density at radius 1 is 1.18 bits per heavy atom. The molecule has 1 aliphatic heterocycles. The van der Waals surface area contributed by atoms with Crippen LogP contribution in [0.25, 0.3) is 11.5 Å². The van der Waals surface area contributed by atoms with Gasteiger partial charge in [-0.1, -0.05) is 30.3 Å². The van der Waals surface area contributed by atoms with Gasteiger partial charge in [0.2, 0.25) is 5.89 Å². The SMILES string of the molecule is C=CCN(CC(=O)OCC)Cc1cccc(OCCc2nc(-c3ccc(C4CCOCC4)cc3)oc2C)c1. The molecule has 0 unspecified atom stereocenters. The van der Waals surface area contributed by atoms with Crippen LogP contribution < -0.4 is 4.74 Å². The van der Waals surface area contributed by atoms with Crippen molar-refractivity contribution in [1.29, 1.82) is 0 Å². The highest BCUT2D eigenvalue weighted by Gasteiger charge is 2.17. The summed E-state index contributed by atoms with van der Waals surface area (Å²) in [4.78, 5) is 18.7. The molecule has 0 spiro atoms. The van der Waals surface area contributed by atoms with Gasteiger partial charge in [-0.15, -0.1) is 6.58 Å². The smallest absolute Gasteiger partial charge is 0.320 e. The van der Waals surface area contributed by atoms with Gasteiger partial charge in [0.25, 0.3) is 0 Å². The lowest BCUT2D eigenvalue weighted by molar-refractivity contribution is -0.144. The molecule has 1 fully saturated rings. The summed E-state index contributed by atoms with van der Waals surface area (Å²) in [6, 6.07) is 16.5. The first-order chi connectivity index (χ1) is 18.6. The predicted molar refractivity (Wildman–Crippen MR) is 147 cm³/mol. The second-order valence-corrected chi connectivity index (χ2v) is 9.54. The molecule has 1 saturated heterocycles. The molecule has 0 saturated carbocycles. The topological polar surface area (TPSA) is 74.0 Å². The lowest BCUT2D eigenvalue weighted by Gasteiger charge is -2.22. The first-order valence-corrected chi connectivity index (χ1v) is 13.4. The molecule has 0 radical (unpaired) electrons. The van der Waals surface area contributed by atoms with Crippen molar-refractivity contribution in [2.24, 2.45) is 0 Å². The van der Waals surface area contributed by atoms with E-state index in [1.165, 1.54) is 5.56 Å². The van der Waals surface area contributed by atoms with E-state index in [1.807, 2.05) is 43.0 Å². The number of carbonyl (C=O) groups excluding carboxylic acids is 1. The fourth-order valence-electron chi connectivity index (χ4n) is 4.73. The lowest BCUT2D eigenvalue weighted by atomic mass is 9.91. The van der Waals surface area contributed by atoms with E-state index in [2.05, 4.69) is 30.8 Å². The van der Waals surface area contributed by atoms with Gasteiger partial charge in [0.15, 0.2) is 0 Å². The number of aryl methyl sites for hydroxylation is 1. The highest BCUT2D eigenvalue weighted by Crippen LogP contribution is 2.29. The molecule has 0 amide bonds. The minimum Gasteiger partial charge on any atom is -0.493 e. The van der Waals surface area contributed by atoms with Gasteiger partial charge in [0, 0.05) is 38.3 Å². The van der Waals surface area contributed by atoms with Crippen molar-refractivity contribution in [1.82, 2.24) is 9.88 Å². The largest absolute Gasteiger partial charge is 0.493 e. The molecule has 2 heterocycles. The number of nitrogens with zero attached hydrogens (tertiary/aromatic N) is 2. The van der Waals surface area contributed by atoms with Gasteiger partial charge in [0.05, 0.1) is 25.5 Å². The average Bonchev–Trinajstić information content (AvgIpc) is 3.30. The lowest BCUT2D eigenvalue weighted by Crippen LogP contribution is -2.30. The first kappa shape index (κ1) is 27.6. The van der Waals surface area contributed by atoms with E-state index in [1.54, 1.807) is 6.08 Å². The number of aromatic nitrogens is 1. The number of oxazole rings is 1. The highest BCUT2D eigenvalue weighted by atomic mass is 16.5. The fourth-order valence-corrected chi connectivity index (χ4v) is 4.73. The molecule has 2 aromatic carbocycles. The van der Waals surface area contributed by atoms with Gasteiger partial charge in [-0.25, -0.2) is 4.98 Å². The van der Waals surface area contributed by atoms with E-state index < -0.39 is 0 Å². The van der Waals surface area contributed by atoms with Gasteiger partial charge >= 0.3 is 5.97 Å². The number of rotatable bonds is 13. The Morgan fingerprint density at radius 3 is 2.71 bits per heavy atom. The zero-order valence-electron chi connectivity index (χ0n) is 22.5. The number of ether oxygens (including phenoxy) is 3. The molecule has 202 valence electrons. The highest BCUT2D eigenvalue weighted by molar-refractivity contribution is 5.71. The molecule has 0 bridgehead atoms. The first-order valence-electron chi connectivity index (χ1n) is 13.4. The van der Waals surface area contributed by atoms with Crippen LogP contribution in [0.15, 0.2) is 65.6 Å². The summed E-state index contributed by atoms with van der Waals surface area (Å²) in [5.74, 6) is 2.56. The maximum absolute atomic E-state index is 11.9. The Balaban J connectivity index is 1.31. The molecule has 38 heavy (non-hydrogen) atoms. The second-order valence-electron chi connectivity index (χ2n) is 9.54. The zero-order valence-corrected chi connectivity index (χ0v) is 22.5. The maximum Gasteiger partial charge on any atom is 0.320 e. The van der Waals surface area contributed by atoms with E-state index in [4.69, 9.17) is 23.6 Å². The van der Waals surface area contributed by atoms with E-state index in [-0.39, 0.29) is 12.5 Å². The Labute approximate surface area is 225 Å². The van der Waals surface area contributed by atoms with Crippen LogP contribution in [-0.4, -0.2) is 55.4 Å². The van der Waals surface area contributed by atoms with Crippen molar-refractivity contribution in [3.05, 3.63) is 83.8 Å². The summed E-state index contributed by atoms with van der Waals surface area (Å²) < 4.78 is 22.6. The van der Waals surface area contributed by atoms with Crippen LogP contribution >= 0.6 is 0 Å². The molecule has 1 aliphatic rings. The summed E-state index contributed by atoms with van der Waals surface area (Å²) in [6.07, 6.45) is 4.58. The molecular weight excluding hydrogens is 480 g/mol. The number of hydrogen-bond acceptors (Lipinski definition) is 7. The third-order valence-corrected chi connectivity index (χ3v) is 6.70. The minimum absolute atomic E-state index is 0.219. The number of esters is 1. The van der Waals surface area contributed by atoms with Gasteiger partial charge in [0.1, 0.15) is 11.5 Å². The van der Waals surface area contributed by atoms with Crippen LogP contribution in [-0.2, 0) is 27.2 Å². The molecule has 0 atom stereocenters. The van der Waals surface area contributed by atoms with Crippen LogP contribution in [0.1, 0.15) is 48.3 Å². The van der Waals surface area contributed by atoms with Crippen LogP contribution in [0.5, 0.6) is 5.75 Å². The van der Waals surface area contributed by atoms with E-state index in [0.29, 0.717) is 44.5 Å². The Hall–Kier alpha value is -3.42. The van der Waals surface area contributed by atoms with Gasteiger partial charge < -0.3 is 18.6 Å². The molecule has 0 N–H and O–H groups in total. The van der Waals surface area contributed by atoms with Gasteiger partial charge in [-0.3, -0.25) is 9.69 Å². The van der Waals surface area contributed by atoms with Crippen LogP contribution in [0.4, 0.5) is 0 Å². The van der Waals surface area contributed by atoms with Crippen LogP contribution in [0.3, 0.4) is 0 Å². The van der Waals surface area contributed by atoms with E-state index in [0.717, 1.165) is 54.4 Å². The van der Waals surface area contributed by atoms with E-state index in [9.17, 15) is 4.79 Å². The van der Waals surface area contributed by atoms with Crippen molar-refractivity contribution in [2.45, 2.75) is 45.6 Å². The van der Waals surface area contributed by atoms with Crippen LogP contribution in [0.2, 0.25) is 0 Å². The Morgan fingerprint density at radius 2 is 1.97 bits per heavy atom. The second kappa shape index (κ2) is 13.9. The van der Waals surface area contributed by atoms with Gasteiger partial charge in [-0.2, -0.15) is 0 Å². The van der Waals surface area contributed by atoms with Crippen LogP contribution in [0, 0.1) is 6.92 Å². The molecule has 7 heteroatoms. The van der Waals surface area contributed by atoms with Crippen molar-refractivity contribution in [3.63, 3.8) is 0 Å². The molecule has 7 nitrogen and oxygen atoms in total. The number of benzene rings is 2. The molecule has 0 aliphatic carbocycles. The zero-order chi connectivity index (χ0) is 26.7. The quantitative estimate of drug-likeness (QED) is 0.212. The summed E-state index contributed by atoms with van der Waals surface area (Å²) in [5.41, 5.74) is 4.29. The van der Waals surface area contributed by atoms with E-state index >= 15 is 0 Å². The Kier molecular flexibility index (Phi) is 10.1. The third-order valence-electron chi connectivity index (χ3n) is 6.70. The van der Waals surface area contributed by atoms with Crippen molar-refractivity contribution in [2.75, 3.05) is 39.5 Å². The third kappa shape index (κ3) is 7.79. The molecule has 1 aromatic heterocycles. The molecular formula is C31H38N2O5. The molecule has 4 rings (SSSR count). The molecule has 3 aromatic rings. The standard InChI is InChI=1S/C31H38N2O5/c1-4-16-33(22-30(34)36-5-2)21-24-7-6-8-28(20-24)37-19-15-29-23(3)38-31(32-29)27-11-9-25(10-12-27)26-13-17-35-18-14-26/h4,6-12,20,26H,1,5,13-19,21-22H2,2-3H3. The average molecular weight is 519 g/mol. The normalized spacial score (nSPS) is 14.0. The van der Waals surface area contributed by atoms with Crippen molar-refractivity contribution < 1.29 is 23.4 Å². The van der Waals surface area contributed by atoms with Gasteiger partial charge in [-0.05, 0) is 68.0 Å². The summed E-state index contributed by atoms with van der Waals surface area (Å²) in [5, 5.41) is 0. The summed E-state index contributed by atoms with van der Waals surface area (Å²) >= 11 is 0. The van der Waals surface area contributed by atoms with Crippen molar-refractivity contribution in [3.8, 4) is 17.2 Å². The monoisotopic (exact) mass is 518 g/mol. The fraction of sp³-hybridized carbons (Fsp3) is 0.419. The maximum atomic E-state index is 11.9. The Bertz CT molecular complexity index is 1180. The number of hydrogen-bond donors (Lipinski definition) is 0. The summed E-state index contributed by atoms with van der Waals surface area (Å²) in [7, 11) is 0. The minimum atomic E-state index is -0.237. The predicted octanol–water partition coefficient (Wildman–Crippen LogP) is 5.72. The number of carbonyl (C=O) groups is 1. The summed E-state index contributed by atoms with van der Waals surface area (Å²) in [6.45, 7) is 11.5.